The zero-order chi connectivity index (χ0) is 25.5. The molecule has 0 aliphatic rings. The van der Waals surface area contributed by atoms with Crippen LogP contribution in [0.3, 0.4) is 0 Å². The van der Waals surface area contributed by atoms with Gasteiger partial charge in [0.05, 0.1) is 21.3 Å². The van der Waals surface area contributed by atoms with E-state index in [9.17, 15) is 9.59 Å². The van der Waals surface area contributed by atoms with Crippen molar-refractivity contribution in [2.45, 2.75) is 19.4 Å². The first-order valence-corrected chi connectivity index (χ1v) is 12.4. The van der Waals surface area contributed by atoms with Gasteiger partial charge in [-0.05, 0) is 81.2 Å². The van der Waals surface area contributed by atoms with Crippen LogP contribution in [0, 0.1) is 0 Å². The van der Waals surface area contributed by atoms with Crippen molar-refractivity contribution in [2.75, 3.05) is 0 Å². The maximum absolute atomic E-state index is 12.6. The molecule has 4 aromatic carbocycles. The molecular weight excluding hydrogens is 544 g/mol. The third-order valence-electron chi connectivity index (χ3n) is 5.33. The fourth-order valence-electron chi connectivity index (χ4n) is 3.43. The highest BCUT2D eigenvalue weighted by molar-refractivity contribution is 9.10. The summed E-state index contributed by atoms with van der Waals surface area (Å²) >= 11 is 9.62. The summed E-state index contributed by atoms with van der Waals surface area (Å²) in [6.07, 6.45) is 1.24. The summed E-state index contributed by atoms with van der Waals surface area (Å²) in [5.41, 5.74) is 3.52. The lowest BCUT2D eigenvalue weighted by Gasteiger charge is -2.17. The number of carbonyl (C=O) groups excluding carboxylic acids is 2. The van der Waals surface area contributed by atoms with E-state index < -0.39 is 12.1 Å². The molecule has 0 bridgehead atoms. The average Bonchev–Trinajstić information content (AvgIpc) is 2.89. The number of amides is 1. The Bertz CT molecular complexity index is 1420. The highest BCUT2D eigenvalue weighted by Gasteiger charge is 2.20. The average molecular weight is 566 g/mol. The van der Waals surface area contributed by atoms with E-state index in [2.05, 4.69) is 26.5 Å². The van der Waals surface area contributed by atoms with Crippen LogP contribution in [0.5, 0.6) is 11.5 Å². The van der Waals surface area contributed by atoms with Gasteiger partial charge in [0.2, 0.25) is 0 Å². The molecule has 4 rings (SSSR count). The van der Waals surface area contributed by atoms with E-state index in [4.69, 9.17) is 21.1 Å². The Balaban J connectivity index is 1.34. The first-order valence-electron chi connectivity index (χ1n) is 11.2. The van der Waals surface area contributed by atoms with E-state index >= 15 is 0 Å². The number of hydrazone groups is 1. The predicted octanol–water partition coefficient (Wildman–Crippen LogP) is 6.78. The molecule has 0 spiro atoms. The number of rotatable bonds is 8. The molecule has 0 unspecified atom stereocenters. The molecule has 4 aromatic rings. The lowest BCUT2D eigenvalue weighted by atomic mass is 10.1. The third-order valence-corrected chi connectivity index (χ3v) is 6.48. The summed E-state index contributed by atoms with van der Waals surface area (Å²) in [5, 5.41) is 6.43. The molecule has 0 aliphatic heterocycles. The van der Waals surface area contributed by atoms with Gasteiger partial charge >= 0.3 is 5.97 Å². The zero-order valence-corrected chi connectivity index (χ0v) is 21.6. The molecule has 1 N–H and O–H groups in total. The van der Waals surface area contributed by atoms with Crippen molar-refractivity contribution in [2.24, 2.45) is 5.10 Å². The Morgan fingerprint density at radius 1 is 1.00 bits per heavy atom. The number of hydrogen-bond acceptors (Lipinski definition) is 5. The quantitative estimate of drug-likeness (QED) is 0.111. The molecule has 0 radical (unpaired) electrons. The number of benzene rings is 4. The Morgan fingerprint density at radius 3 is 2.47 bits per heavy atom. The molecule has 0 saturated carbocycles. The van der Waals surface area contributed by atoms with Crippen molar-refractivity contribution in [3.63, 3.8) is 0 Å². The number of esters is 1. The Labute approximate surface area is 222 Å². The number of hydrogen-bond donors (Lipinski definition) is 1. The molecule has 6 nitrogen and oxygen atoms in total. The van der Waals surface area contributed by atoms with Crippen LogP contribution in [0.1, 0.15) is 29.3 Å². The first-order chi connectivity index (χ1) is 17.5. The number of fused-ring (bicyclic) bond motifs is 1. The standard InChI is InChI=1S/C28H22BrClN2O4/c1-2-24(36-25-16-13-19-7-3-4-8-21(19)26(25)29)27(33)32-31-17-18-11-14-20(15-12-18)35-28(34)22-9-5-6-10-23(22)30/h3-17,24H,2H2,1H3,(H,32,33)/b31-17-/t24-/m1/s1. The van der Waals surface area contributed by atoms with Gasteiger partial charge in [-0.3, -0.25) is 4.79 Å². The van der Waals surface area contributed by atoms with Gasteiger partial charge < -0.3 is 9.47 Å². The second-order valence-electron chi connectivity index (χ2n) is 7.79. The van der Waals surface area contributed by atoms with Crippen LogP contribution < -0.4 is 14.9 Å². The molecule has 0 aliphatic carbocycles. The summed E-state index contributed by atoms with van der Waals surface area (Å²) in [6.45, 7) is 1.87. The number of halogens is 2. The third kappa shape index (κ3) is 6.11. The Kier molecular flexibility index (Phi) is 8.36. The summed E-state index contributed by atoms with van der Waals surface area (Å²) in [7, 11) is 0. The molecule has 36 heavy (non-hydrogen) atoms. The highest BCUT2D eigenvalue weighted by atomic mass is 79.9. The van der Waals surface area contributed by atoms with E-state index in [-0.39, 0.29) is 11.5 Å². The van der Waals surface area contributed by atoms with Gasteiger partial charge in [0.15, 0.2) is 6.10 Å². The molecule has 8 heteroatoms. The zero-order valence-electron chi connectivity index (χ0n) is 19.3. The maximum Gasteiger partial charge on any atom is 0.345 e. The fourth-order valence-corrected chi connectivity index (χ4v) is 4.23. The van der Waals surface area contributed by atoms with Crippen LogP contribution in [-0.2, 0) is 4.79 Å². The van der Waals surface area contributed by atoms with Crippen LogP contribution in [0.4, 0.5) is 0 Å². The molecule has 182 valence electrons. The van der Waals surface area contributed by atoms with Gasteiger partial charge in [0.25, 0.3) is 5.91 Å². The normalized spacial score (nSPS) is 11.9. The van der Waals surface area contributed by atoms with Crippen LogP contribution >= 0.6 is 27.5 Å². The molecule has 0 saturated heterocycles. The lowest BCUT2D eigenvalue weighted by molar-refractivity contribution is -0.128. The second-order valence-corrected chi connectivity index (χ2v) is 8.99. The Hall–Kier alpha value is -3.68. The molecule has 1 amide bonds. The van der Waals surface area contributed by atoms with Crippen molar-refractivity contribution in [3.05, 3.63) is 106 Å². The van der Waals surface area contributed by atoms with Crippen LogP contribution in [0.15, 0.2) is 94.5 Å². The number of nitrogens with zero attached hydrogens (tertiary/aromatic N) is 1. The smallest absolute Gasteiger partial charge is 0.345 e. The SMILES string of the molecule is CC[C@@H](Oc1ccc2ccccc2c1Br)C(=O)N/N=C\c1ccc(OC(=O)c2ccccc2Cl)cc1. The van der Waals surface area contributed by atoms with E-state index in [0.29, 0.717) is 28.5 Å². The minimum atomic E-state index is -0.716. The van der Waals surface area contributed by atoms with E-state index in [1.54, 1.807) is 48.5 Å². The number of nitrogens with one attached hydrogen (secondary N) is 1. The summed E-state index contributed by atoms with van der Waals surface area (Å²) in [4.78, 5) is 24.9. The molecule has 0 heterocycles. The van der Waals surface area contributed by atoms with Crippen molar-refractivity contribution in [1.29, 1.82) is 0 Å². The summed E-state index contributed by atoms with van der Waals surface area (Å²) in [6, 6.07) is 25.1. The highest BCUT2D eigenvalue weighted by Crippen LogP contribution is 2.33. The largest absolute Gasteiger partial charge is 0.479 e. The minimum absolute atomic E-state index is 0.288. The first kappa shape index (κ1) is 25.4. The van der Waals surface area contributed by atoms with Crippen LogP contribution in [0.2, 0.25) is 5.02 Å². The van der Waals surface area contributed by atoms with Crippen LogP contribution in [-0.4, -0.2) is 24.2 Å². The summed E-state index contributed by atoms with van der Waals surface area (Å²) in [5.74, 6) is 0.0418. The molecule has 0 aromatic heterocycles. The number of carbonyl (C=O) groups is 2. The Morgan fingerprint density at radius 2 is 1.72 bits per heavy atom. The van der Waals surface area contributed by atoms with Crippen LogP contribution in [0.25, 0.3) is 10.8 Å². The second kappa shape index (κ2) is 11.8. The van der Waals surface area contributed by atoms with Gasteiger partial charge in [0, 0.05) is 0 Å². The van der Waals surface area contributed by atoms with Gasteiger partial charge in [-0.25, -0.2) is 10.2 Å². The predicted molar refractivity (Wildman–Crippen MR) is 145 cm³/mol. The van der Waals surface area contributed by atoms with E-state index in [1.807, 2.05) is 43.3 Å². The van der Waals surface area contributed by atoms with Gasteiger partial charge in [-0.2, -0.15) is 5.10 Å². The van der Waals surface area contributed by atoms with E-state index in [0.717, 1.165) is 15.2 Å². The van der Waals surface area contributed by atoms with Gasteiger partial charge in [-0.15, -0.1) is 0 Å². The van der Waals surface area contributed by atoms with Crippen molar-refractivity contribution in [1.82, 2.24) is 5.43 Å². The monoisotopic (exact) mass is 564 g/mol. The lowest BCUT2D eigenvalue weighted by Crippen LogP contribution is -2.35. The summed E-state index contributed by atoms with van der Waals surface area (Å²) < 4.78 is 12.1. The fraction of sp³-hybridized carbons (Fsp3) is 0.107. The molecule has 1 atom stereocenters. The van der Waals surface area contributed by atoms with Crippen molar-refractivity contribution < 1.29 is 19.1 Å². The van der Waals surface area contributed by atoms with E-state index in [1.165, 1.54) is 6.21 Å². The topological polar surface area (TPSA) is 77.0 Å². The van der Waals surface area contributed by atoms with Crippen molar-refractivity contribution in [3.8, 4) is 11.5 Å². The molecule has 0 fully saturated rings. The van der Waals surface area contributed by atoms with Gasteiger partial charge in [0.1, 0.15) is 11.5 Å². The molecular formula is C28H22BrClN2O4. The minimum Gasteiger partial charge on any atom is -0.479 e. The van der Waals surface area contributed by atoms with Gasteiger partial charge in [-0.1, -0.05) is 61.0 Å². The maximum atomic E-state index is 12.6. The van der Waals surface area contributed by atoms with Crippen molar-refractivity contribution >= 4 is 56.4 Å². The number of ether oxygens (including phenoxy) is 2.